The van der Waals surface area contributed by atoms with Gasteiger partial charge in [-0.1, -0.05) is 26.7 Å². The van der Waals surface area contributed by atoms with Gasteiger partial charge in [0.25, 0.3) is 5.91 Å². The van der Waals surface area contributed by atoms with Gasteiger partial charge in [0.2, 0.25) is 0 Å². The Morgan fingerprint density at radius 3 is 2.85 bits per heavy atom. The molecule has 136 valence electrons. The van der Waals surface area contributed by atoms with E-state index in [0.29, 0.717) is 11.8 Å². The van der Waals surface area contributed by atoms with Gasteiger partial charge >= 0.3 is 0 Å². The van der Waals surface area contributed by atoms with Gasteiger partial charge in [0, 0.05) is 16.8 Å². The molecule has 0 bridgehead atoms. The van der Waals surface area contributed by atoms with E-state index in [1.807, 2.05) is 24.3 Å². The van der Waals surface area contributed by atoms with Crippen LogP contribution in [-0.4, -0.2) is 24.0 Å². The standard InChI is InChI=1S/C21H24N2O2S/c1-12-5-4-6-17(13(12)2)22-20(24)19-11-15-9-14-10-16(25-3)7-8-18(14)23-21(15)26-19/h7-13,17H,4-6H2,1-3H3,(H,22,24)/t12-,13-,17-/m1/s1. The third kappa shape index (κ3) is 3.16. The van der Waals surface area contributed by atoms with E-state index in [2.05, 4.69) is 25.2 Å². The molecule has 0 saturated heterocycles. The lowest BCUT2D eigenvalue weighted by Crippen LogP contribution is -2.43. The molecule has 1 aliphatic carbocycles. The topological polar surface area (TPSA) is 51.2 Å². The van der Waals surface area contributed by atoms with Gasteiger partial charge in [0.15, 0.2) is 0 Å². The largest absolute Gasteiger partial charge is 0.497 e. The van der Waals surface area contributed by atoms with E-state index in [0.717, 1.165) is 38.2 Å². The Balaban J connectivity index is 1.62. The van der Waals surface area contributed by atoms with Crippen molar-refractivity contribution in [3.05, 3.63) is 35.2 Å². The number of aromatic nitrogens is 1. The quantitative estimate of drug-likeness (QED) is 0.707. The Kier molecular flexibility index (Phi) is 4.57. The Hall–Kier alpha value is -2.14. The lowest BCUT2D eigenvalue weighted by molar-refractivity contribution is 0.0895. The number of pyridine rings is 1. The van der Waals surface area contributed by atoms with E-state index in [-0.39, 0.29) is 11.9 Å². The number of rotatable bonds is 3. The first kappa shape index (κ1) is 17.3. The molecule has 0 radical (unpaired) electrons. The molecule has 1 fully saturated rings. The Bertz CT molecular complexity index is 965. The minimum absolute atomic E-state index is 0.0283. The molecule has 0 spiro atoms. The number of hydrogen-bond acceptors (Lipinski definition) is 4. The van der Waals surface area contributed by atoms with Crippen molar-refractivity contribution >= 4 is 38.4 Å². The van der Waals surface area contributed by atoms with Gasteiger partial charge in [0.1, 0.15) is 10.6 Å². The molecule has 5 heteroatoms. The van der Waals surface area contributed by atoms with Gasteiger partial charge in [-0.3, -0.25) is 4.79 Å². The van der Waals surface area contributed by atoms with Crippen LogP contribution in [0.15, 0.2) is 30.3 Å². The summed E-state index contributed by atoms with van der Waals surface area (Å²) in [4.78, 5) is 19.1. The van der Waals surface area contributed by atoms with Crippen molar-refractivity contribution in [3.63, 3.8) is 0 Å². The molecule has 2 aromatic heterocycles. The van der Waals surface area contributed by atoms with Crippen LogP contribution in [0.3, 0.4) is 0 Å². The molecular formula is C21H24N2O2S. The molecule has 1 N–H and O–H groups in total. The first-order chi connectivity index (χ1) is 12.5. The number of benzene rings is 1. The monoisotopic (exact) mass is 368 g/mol. The minimum Gasteiger partial charge on any atom is -0.497 e. The maximum Gasteiger partial charge on any atom is 0.261 e. The van der Waals surface area contributed by atoms with Crippen LogP contribution in [0.2, 0.25) is 0 Å². The van der Waals surface area contributed by atoms with E-state index >= 15 is 0 Å². The highest BCUT2D eigenvalue weighted by Crippen LogP contribution is 2.32. The highest BCUT2D eigenvalue weighted by atomic mass is 32.1. The van der Waals surface area contributed by atoms with Crippen LogP contribution in [-0.2, 0) is 0 Å². The van der Waals surface area contributed by atoms with Crippen molar-refractivity contribution in [1.29, 1.82) is 0 Å². The highest BCUT2D eigenvalue weighted by molar-refractivity contribution is 7.20. The average Bonchev–Trinajstić information content (AvgIpc) is 3.06. The second kappa shape index (κ2) is 6.88. The van der Waals surface area contributed by atoms with Crippen molar-refractivity contribution in [2.45, 2.75) is 39.2 Å². The van der Waals surface area contributed by atoms with E-state index < -0.39 is 0 Å². The molecule has 4 nitrogen and oxygen atoms in total. The van der Waals surface area contributed by atoms with Gasteiger partial charge in [-0.25, -0.2) is 4.98 Å². The maximum atomic E-state index is 12.8. The summed E-state index contributed by atoms with van der Waals surface area (Å²) in [6.45, 7) is 4.54. The molecule has 3 aromatic rings. The molecule has 1 aromatic carbocycles. The van der Waals surface area contributed by atoms with E-state index in [1.54, 1.807) is 7.11 Å². The van der Waals surface area contributed by atoms with Gasteiger partial charge in [-0.15, -0.1) is 11.3 Å². The number of nitrogens with zero attached hydrogens (tertiary/aromatic N) is 1. The lowest BCUT2D eigenvalue weighted by Gasteiger charge is -2.34. The predicted molar refractivity (Wildman–Crippen MR) is 107 cm³/mol. The average molecular weight is 369 g/mol. The van der Waals surface area contributed by atoms with Crippen LogP contribution < -0.4 is 10.1 Å². The first-order valence-corrected chi connectivity index (χ1v) is 10.1. The molecule has 3 atom stereocenters. The smallest absolute Gasteiger partial charge is 0.261 e. The van der Waals surface area contributed by atoms with E-state index in [1.165, 1.54) is 24.2 Å². The van der Waals surface area contributed by atoms with Crippen molar-refractivity contribution in [2.24, 2.45) is 11.8 Å². The van der Waals surface area contributed by atoms with E-state index in [4.69, 9.17) is 9.72 Å². The predicted octanol–water partition coefficient (Wildman–Crippen LogP) is 5.01. The number of carbonyl (C=O) groups excluding carboxylic acids is 1. The molecule has 1 aliphatic rings. The Labute approximate surface area is 157 Å². The van der Waals surface area contributed by atoms with Crippen molar-refractivity contribution in [1.82, 2.24) is 10.3 Å². The van der Waals surface area contributed by atoms with Gasteiger partial charge < -0.3 is 10.1 Å². The third-order valence-corrected chi connectivity index (χ3v) is 6.80. The summed E-state index contributed by atoms with van der Waals surface area (Å²) < 4.78 is 5.29. The number of amides is 1. The van der Waals surface area contributed by atoms with Crippen molar-refractivity contribution in [3.8, 4) is 5.75 Å². The van der Waals surface area contributed by atoms with Crippen molar-refractivity contribution < 1.29 is 9.53 Å². The van der Waals surface area contributed by atoms with Crippen LogP contribution in [0.4, 0.5) is 0 Å². The fraction of sp³-hybridized carbons (Fsp3) is 0.429. The molecule has 1 amide bonds. The lowest BCUT2D eigenvalue weighted by atomic mass is 9.78. The summed E-state index contributed by atoms with van der Waals surface area (Å²) in [5, 5.41) is 5.29. The van der Waals surface area contributed by atoms with Gasteiger partial charge in [-0.05, 0) is 48.6 Å². The fourth-order valence-corrected chi connectivity index (χ4v) is 4.80. The fourth-order valence-electron chi connectivity index (χ4n) is 3.88. The number of ether oxygens (including phenoxy) is 1. The summed E-state index contributed by atoms with van der Waals surface area (Å²) in [6.07, 6.45) is 3.53. The number of thiophene rings is 1. The number of nitrogens with one attached hydrogen (secondary N) is 1. The second-order valence-electron chi connectivity index (χ2n) is 7.40. The highest BCUT2D eigenvalue weighted by Gasteiger charge is 2.28. The molecule has 1 saturated carbocycles. The van der Waals surface area contributed by atoms with Gasteiger partial charge in [0.05, 0.1) is 17.5 Å². The SMILES string of the molecule is COc1ccc2nc3sc(C(=O)N[C@@H]4CCC[C@@H](C)[C@H]4C)cc3cc2c1. The number of methoxy groups -OCH3 is 1. The third-order valence-electron chi connectivity index (χ3n) is 5.75. The van der Waals surface area contributed by atoms with Crippen LogP contribution in [0.1, 0.15) is 42.8 Å². The van der Waals surface area contributed by atoms with Crippen LogP contribution in [0, 0.1) is 11.8 Å². The zero-order valence-corrected chi connectivity index (χ0v) is 16.2. The van der Waals surface area contributed by atoms with Crippen LogP contribution in [0.25, 0.3) is 21.1 Å². The first-order valence-electron chi connectivity index (χ1n) is 9.24. The zero-order chi connectivity index (χ0) is 18.3. The Morgan fingerprint density at radius 1 is 1.19 bits per heavy atom. The van der Waals surface area contributed by atoms with Crippen molar-refractivity contribution in [2.75, 3.05) is 7.11 Å². The van der Waals surface area contributed by atoms with E-state index in [9.17, 15) is 4.79 Å². The second-order valence-corrected chi connectivity index (χ2v) is 8.43. The summed E-state index contributed by atoms with van der Waals surface area (Å²) in [5.41, 5.74) is 0.918. The molecule has 0 aliphatic heterocycles. The zero-order valence-electron chi connectivity index (χ0n) is 15.4. The molecular weight excluding hydrogens is 344 g/mol. The molecule has 2 heterocycles. The van der Waals surface area contributed by atoms with Gasteiger partial charge in [-0.2, -0.15) is 0 Å². The minimum atomic E-state index is 0.0283. The maximum absolute atomic E-state index is 12.8. The molecule has 4 rings (SSSR count). The molecule has 26 heavy (non-hydrogen) atoms. The summed E-state index contributed by atoms with van der Waals surface area (Å²) >= 11 is 1.47. The van der Waals surface area contributed by atoms with Crippen LogP contribution >= 0.6 is 11.3 Å². The number of carbonyl (C=O) groups is 1. The Morgan fingerprint density at radius 2 is 2.04 bits per heavy atom. The summed E-state index contributed by atoms with van der Waals surface area (Å²) in [6, 6.07) is 10.2. The summed E-state index contributed by atoms with van der Waals surface area (Å²) in [7, 11) is 1.66. The summed E-state index contributed by atoms with van der Waals surface area (Å²) in [5.74, 6) is 2.03. The number of hydrogen-bond donors (Lipinski definition) is 1. The number of fused-ring (bicyclic) bond motifs is 2. The molecule has 0 unspecified atom stereocenters. The van der Waals surface area contributed by atoms with Crippen LogP contribution in [0.5, 0.6) is 5.75 Å². The normalized spacial score (nSPS) is 23.3.